The van der Waals surface area contributed by atoms with E-state index in [4.69, 9.17) is 0 Å². The van der Waals surface area contributed by atoms with Crippen LogP contribution in [-0.4, -0.2) is 39.9 Å². The summed E-state index contributed by atoms with van der Waals surface area (Å²) in [4.78, 5) is 22.4. The summed E-state index contributed by atoms with van der Waals surface area (Å²) in [6.07, 6.45) is 5.90. The molecule has 1 aliphatic heterocycles. The minimum atomic E-state index is 0.0454. The van der Waals surface area contributed by atoms with E-state index in [0.717, 1.165) is 38.0 Å². The number of nitrogens with zero attached hydrogens (tertiary/aromatic N) is 3. The lowest BCUT2D eigenvalue weighted by atomic mass is 10.1. The summed E-state index contributed by atoms with van der Waals surface area (Å²) in [5.74, 6) is 0.686. The molecule has 0 radical (unpaired) electrons. The van der Waals surface area contributed by atoms with Crippen molar-refractivity contribution in [3.63, 3.8) is 0 Å². The summed E-state index contributed by atoms with van der Waals surface area (Å²) in [5, 5.41) is 6.25. The number of hydrogen-bond acceptors (Lipinski definition) is 5. The number of piperidine rings is 1. The first kappa shape index (κ1) is 17.4. The van der Waals surface area contributed by atoms with E-state index >= 15 is 0 Å². The van der Waals surface area contributed by atoms with Gasteiger partial charge in [0, 0.05) is 50.6 Å². The standard InChI is InChI=1S/C19H25N5O/c1-15(25)23-18-8-5-9-24(14-18)13-17-11-21-19(22-12-17)20-10-16-6-3-2-4-7-16/h2-4,6-7,11-12,18H,5,8-10,13-14H2,1H3,(H,23,25)(H,20,21,22). The Kier molecular flexibility index (Phi) is 5.95. The molecule has 1 aromatic carbocycles. The number of amides is 1. The van der Waals surface area contributed by atoms with Gasteiger partial charge in [-0.05, 0) is 24.9 Å². The summed E-state index contributed by atoms with van der Waals surface area (Å²) in [7, 11) is 0. The molecular formula is C19H25N5O. The number of nitrogens with one attached hydrogen (secondary N) is 2. The molecule has 0 aliphatic carbocycles. The summed E-state index contributed by atoms with van der Waals surface area (Å²) < 4.78 is 0. The van der Waals surface area contributed by atoms with Crippen molar-refractivity contribution in [1.82, 2.24) is 20.2 Å². The van der Waals surface area contributed by atoms with E-state index < -0.39 is 0 Å². The maximum Gasteiger partial charge on any atom is 0.222 e. The van der Waals surface area contributed by atoms with Crippen LogP contribution in [0.4, 0.5) is 5.95 Å². The molecule has 6 nitrogen and oxygen atoms in total. The zero-order chi connectivity index (χ0) is 17.5. The Morgan fingerprint density at radius 2 is 1.96 bits per heavy atom. The van der Waals surface area contributed by atoms with E-state index in [1.165, 1.54) is 5.56 Å². The first-order valence-corrected chi connectivity index (χ1v) is 8.77. The normalized spacial score (nSPS) is 17.9. The van der Waals surface area contributed by atoms with Crippen LogP contribution in [0.5, 0.6) is 0 Å². The molecule has 1 unspecified atom stereocenters. The first-order valence-electron chi connectivity index (χ1n) is 8.77. The van der Waals surface area contributed by atoms with Crippen molar-refractivity contribution in [3.8, 4) is 0 Å². The van der Waals surface area contributed by atoms with Crippen molar-refractivity contribution in [2.75, 3.05) is 18.4 Å². The van der Waals surface area contributed by atoms with E-state index in [1.807, 2.05) is 30.6 Å². The largest absolute Gasteiger partial charge is 0.352 e. The zero-order valence-electron chi connectivity index (χ0n) is 14.6. The summed E-state index contributed by atoms with van der Waals surface area (Å²) in [5.41, 5.74) is 2.29. The number of carbonyl (C=O) groups excluding carboxylic acids is 1. The van der Waals surface area contributed by atoms with E-state index in [0.29, 0.717) is 12.5 Å². The molecule has 1 aromatic heterocycles. The molecule has 6 heteroatoms. The maximum absolute atomic E-state index is 11.2. The van der Waals surface area contributed by atoms with Gasteiger partial charge >= 0.3 is 0 Å². The highest BCUT2D eigenvalue weighted by Gasteiger charge is 2.20. The van der Waals surface area contributed by atoms with E-state index in [1.54, 1.807) is 6.92 Å². The van der Waals surface area contributed by atoms with Gasteiger partial charge in [-0.25, -0.2) is 9.97 Å². The van der Waals surface area contributed by atoms with Crippen LogP contribution in [0, 0.1) is 0 Å². The predicted molar refractivity (Wildman–Crippen MR) is 97.9 cm³/mol. The van der Waals surface area contributed by atoms with Gasteiger partial charge in [-0.15, -0.1) is 0 Å². The molecule has 25 heavy (non-hydrogen) atoms. The average Bonchev–Trinajstić information content (AvgIpc) is 2.62. The number of anilines is 1. The van der Waals surface area contributed by atoms with Gasteiger partial charge < -0.3 is 10.6 Å². The third kappa shape index (κ3) is 5.53. The van der Waals surface area contributed by atoms with Gasteiger partial charge in [-0.2, -0.15) is 0 Å². The highest BCUT2D eigenvalue weighted by atomic mass is 16.1. The molecule has 1 aliphatic rings. The van der Waals surface area contributed by atoms with Crippen LogP contribution in [0.3, 0.4) is 0 Å². The number of hydrogen-bond donors (Lipinski definition) is 2. The molecule has 2 heterocycles. The molecular weight excluding hydrogens is 314 g/mol. The Morgan fingerprint density at radius 3 is 2.68 bits per heavy atom. The molecule has 0 saturated carbocycles. The number of benzene rings is 1. The molecule has 1 atom stereocenters. The topological polar surface area (TPSA) is 70.2 Å². The van der Waals surface area contributed by atoms with Crippen LogP contribution in [-0.2, 0) is 17.9 Å². The Hall–Kier alpha value is -2.47. The van der Waals surface area contributed by atoms with Gasteiger partial charge in [0.2, 0.25) is 11.9 Å². The molecule has 0 spiro atoms. The molecule has 2 N–H and O–H groups in total. The van der Waals surface area contributed by atoms with E-state index in [2.05, 4.69) is 37.6 Å². The second-order valence-electron chi connectivity index (χ2n) is 6.53. The van der Waals surface area contributed by atoms with Gasteiger partial charge in [0.05, 0.1) is 0 Å². The van der Waals surface area contributed by atoms with Crippen LogP contribution >= 0.6 is 0 Å². The molecule has 0 bridgehead atoms. The van der Waals surface area contributed by atoms with Gasteiger partial charge in [0.25, 0.3) is 0 Å². The lowest BCUT2D eigenvalue weighted by Gasteiger charge is -2.32. The van der Waals surface area contributed by atoms with Gasteiger partial charge in [-0.1, -0.05) is 30.3 Å². The fourth-order valence-corrected chi connectivity index (χ4v) is 3.17. The van der Waals surface area contributed by atoms with Gasteiger partial charge in [0.15, 0.2) is 0 Å². The highest BCUT2D eigenvalue weighted by Crippen LogP contribution is 2.13. The van der Waals surface area contributed by atoms with Crippen molar-refractivity contribution in [2.45, 2.75) is 38.9 Å². The van der Waals surface area contributed by atoms with Gasteiger partial charge in [0.1, 0.15) is 0 Å². The van der Waals surface area contributed by atoms with Crippen molar-refractivity contribution in [3.05, 3.63) is 53.9 Å². The number of likely N-dealkylation sites (tertiary alicyclic amines) is 1. The SMILES string of the molecule is CC(=O)NC1CCCN(Cc2cnc(NCc3ccccc3)nc2)C1. The fraction of sp³-hybridized carbons (Fsp3) is 0.421. The second-order valence-corrected chi connectivity index (χ2v) is 6.53. The van der Waals surface area contributed by atoms with Crippen LogP contribution in [0.25, 0.3) is 0 Å². The Labute approximate surface area is 148 Å². The third-order valence-electron chi connectivity index (χ3n) is 4.32. The first-order chi connectivity index (χ1) is 12.2. The average molecular weight is 339 g/mol. The number of carbonyl (C=O) groups is 1. The number of aromatic nitrogens is 2. The third-order valence-corrected chi connectivity index (χ3v) is 4.32. The number of rotatable bonds is 6. The Morgan fingerprint density at radius 1 is 1.20 bits per heavy atom. The molecule has 1 saturated heterocycles. The Balaban J connectivity index is 1.49. The summed E-state index contributed by atoms with van der Waals surface area (Å²) in [6, 6.07) is 10.4. The fourth-order valence-electron chi connectivity index (χ4n) is 3.17. The highest BCUT2D eigenvalue weighted by molar-refractivity contribution is 5.73. The second kappa shape index (κ2) is 8.58. The monoisotopic (exact) mass is 339 g/mol. The lowest BCUT2D eigenvalue weighted by Crippen LogP contribution is -2.46. The van der Waals surface area contributed by atoms with E-state index in [9.17, 15) is 4.79 Å². The minimum Gasteiger partial charge on any atom is -0.352 e. The van der Waals surface area contributed by atoms with Crippen LogP contribution < -0.4 is 10.6 Å². The summed E-state index contributed by atoms with van der Waals surface area (Å²) in [6.45, 7) is 5.03. The zero-order valence-corrected chi connectivity index (χ0v) is 14.6. The van der Waals surface area contributed by atoms with E-state index in [-0.39, 0.29) is 11.9 Å². The van der Waals surface area contributed by atoms with Crippen molar-refractivity contribution in [2.24, 2.45) is 0 Å². The van der Waals surface area contributed by atoms with Crippen LogP contribution in [0.2, 0.25) is 0 Å². The minimum absolute atomic E-state index is 0.0454. The maximum atomic E-state index is 11.2. The van der Waals surface area contributed by atoms with Crippen LogP contribution in [0.1, 0.15) is 30.9 Å². The predicted octanol–water partition coefficient (Wildman–Crippen LogP) is 2.19. The van der Waals surface area contributed by atoms with Crippen molar-refractivity contribution < 1.29 is 4.79 Å². The van der Waals surface area contributed by atoms with Crippen molar-refractivity contribution in [1.29, 1.82) is 0 Å². The molecule has 1 fully saturated rings. The summed E-state index contributed by atoms with van der Waals surface area (Å²) >= 11 is 0. The van der Waals surface area contributed by atoms with Crippen LogP contribution in [0.15, 0.2) is 42.7 Å². The van der Waals surface area contributed by atoms with Crippen molar-refractivity contribution >= 4 is 11.9 Å². The lowest BCUT2D eigenvalue weighted by molar-refractivity contribution is -0.120. The molecule has 2 aromatic rings. The molecule has 3 rings (SSSR count). The van der Waals surface area contributed by atoms with Gasteiger partial charge in [-0.3, -0.25) is 9.69 Å². The Bertz CT molecular complexity index is 674. The quantitative estimate of drug-likeness (QED) is 0.844. The smallest absolute Gasteiger partial charge is 0.222 e. The molecule has 1 amide bonds. The molecule has 132 valence electrons.